The van der Waals surface area contributed by atoms with E-state index in [1.807, 2.05) is 44.2 Å². The maximum atomic E-state index is 12.6. The van der Waals surface area contributed by atoms with E-state index in [2.05, 4.69) is 25.1 Å². The number of carbonyl (C=O) groups is 1. The van der Waals surface area contributed by atoms with Gasteiger partial charge in [-0.25, -0.2) is 0 Å². The summed E-state index contributed by atoms with van der Waals surface area (Å²) in [6.45, 7) is 6.06. The van der Waals surface area contributed by atoms with Gasteiger partial charge in [-0.05, 0) is 47.9 Å². The van der Waals surface area contributed by atoms with Crippen LogP contribution < -0.4 is 0 Å². The molecule has 0 saturated heterocycles. The summed E-state index contributed by atoms with van der Waals surface area (Å²) in [5, 5.41) is 12.6. The molecule has 25 heavy (non-hydrogen) atoms. The number of benzene rings is 3. The Balaban J connectivity index is 2.05. The molecule has 1 N–H and O–H groups in total. The Hall–Kier alpha value is -2.61. The third kappa shape index (κ3) is 2.36. The van der Waals surface area contributed by atoms with E-state index in [1.165, 1.54) is 5.56 Å². The molecule has 2 nitrogen and oxygen atoms in total. The zero-order valence-electron chi connectivity index (χ0n) is 14.8. The smallest absolute Gasteiger partial charge is 0.165 e. The lowest BCUT2D eigenvalue weighted by atomic mass is 9.72. The number of Topliss-reactive ketones (excluding diaryl/α,β-unsaturated/α-hetero) is 1. The molecule has 3 aromatic rings. The van der Waals surface area contributed by atoms with Crippen LogP contribution >= 0.6 is 0 Å². The molecule has 3 aromatic carbocycles. The number of hydrogen-bond donors (Lipinski definition) is 1. The van der Waals surface area contributed by atoms with E-state index in [9.17, 15) is 9.90 Å². The summed E-state index contributed by atoms with van der Waals surface area (Å²) in [5.41, 5.74) is 5.22. The van der Waals surface area contributed by atoms with Crippen molar-refractivity contribution in [3.05, 3.63) is 76.3 Å². The average molecular weight is 330 g/mol. The van der Waals surface area contributed by atoms with Crippen molar-refractivity contribution in [3.63, 3.8) is 0 Å². The molecule has 0 bridgehead atoms. The Morgan fingerprint density at radius 3 is 2.52 bits per heavy atom. The summed E-state index contributed by atoms with van der Waals surface area (Å²) < 4.78 is 0. The fourth-order valence-corrected chi connectivity index (χ4v) is 4.28. The van der Waals surface area contributed by atoms with Gasteiger partial charge < -0.3 is 5.11 Å². The molecule has 0 saturated carbocycles. The quantitative estimate of drug-likeness (QED) is 0.638. The van der Waals surface area contributed by atoms with E-state index in [1.54, 1.807) is 0 Å². The van der Waals surface area contributed by atoms with Gasteiger partial charge in [0.25, 0.3) is 0 Å². The van der Waals surface area contributed by atoms with Gasteiger partial charge in [0.2, 0.25) is 0 Å². The number of carbonyl (C=O) groups excluding carboxylic acids is 1. The minimum Gasteiger partial charge on any atom is -0.507 e. The van der Waals surface area contributed by atoms with Crippen LogP contribution in [0.25, 0.3) is 10.8 Å². The van der Waals surface area contributed by atoms with Crippen LogP contribution in [0.15, 0.2) is 48.5 Å². The summed E-state index contributed by atoms with van der Waals surface area (Å²) >= 11 is 0. The van der Waals surface area contributed by atoms with Gasteiger partial charge in [-0.1, -0.05) is 55.5 Å². The molecule has 0 amide bonds. The number of hydrogen-bond acceptors (Lipinski definition) is 2. The second-order valence-electron chi connectivity index (χ2n) is 7.27. The molecule has 0 fully saturated rings. The molecular formula is C23H22O2. The fraction of sp³-hybridized carbons (Fsp3) is 0.261. The van der Waals surface area contributed by atoms with Gasteiger partial charge in [-0.3, -0.25) is 4.79 Å². The topological polar surface area (TPSA) is 37.3 Å². The molecule has 0 heterocycles. The maximum absolute atomic E-state index is 12.6. The van der Waals surface area contributed by atoms with Crippen molar-refractivity contribution in [2.45, 2.75) is 33.1 Å². The van der Waals surface area contributed by atoms with Crippen LogP contribution in [-0.4, -0.2) is 10.9 Å². The number of phenols is 1. The number of fused-ring (bicyclic) bond motifs is 2. The third-order valence-corrected chi connectivity index (χ3v) is 5.58. The number of aryl methyl sites for hydroxylation is 2. The van der Waals surface area contributed by atoms with Crippen molar-refractivity contribution in [1.29, 1.82) is 0 Å². The van der Waals surface area contributed by atoms with Crippen LogP contribution in [0.1, 0.15) is 51.9 Å². The molecule has 1 aliphatic rings. The number of phenolic OH excluding ortho intramolecular Hbond substituents is 1. The molecular weight excluding hydrogens is 308 g/mol. The Morgan fingerprint density at radius 2 is 1.72 bits per heavy atom. The number of rotatable bonds is 1. The van der Waals surface area contributed by atoms with Crippen molar-refractivity contribution in [1.82, 2.24) is 0 Å². The number of ketones is 1. The highest BCUT2D eigenvalue weighted by atomic mass is 16.3. The van der Waals surface area contributed by atoms with E-state index < -0.39 is 0 Å². The van der Waals surface area contributed by atoms with Gasteiger partial charge >= 0.3 is 0 Å². The zero-order chi connectivity index (χ0) is 17.7. The minimum absolute atomic E-state index is 0.00748. The molecule has 0 spiro atoms. The highest BCUT2D eigenvalue weighted by molar-refractivity contribution is 6.01. The van der Waals surface area contributed by atoms with E-state index in [-0.39, 0.29) is 17.6 Å². The molecule has 2 unspecified atom stereocenters. The second kappa shape index (κ2) is 5.73. The van der Waals surface area contributed by atoms with Gasteiger partial charge in [-0.15, -0.1) is 0 Å². The SMILES string of the molecule is Cc1cc(C2CC(C)C(=O)c3ccccc32)c2c(C)cccc2c1O. The van der Waals surface area contributed by atoms with E-state index in [0.717, 1.165) is 39.4 Å². The fourth-order valence-electron chi connectivity index (χ4n) is 4.28. The molecule has 2 heteroatoms. The van der Waals surface area contributed by atoms with Gasteiger partial charge in [-0.2, -0.15) is 0 Å². The van der Waals surface area contributed by atoms with Gasteiger partial charge in [0.15, 0.2) is 5.78 Å². The summed E-state index contributed by atoms with van der Waals surface area (Å²) in [5.74, 6) is 0.777. The molecule has 2 atom stereocenters. The van der Waals surface area contributed by atoms with Gasteiger partial charge in [0, 0.05) is 22.8 Å². The van der Waals surface area contributed by atoms with Gasteiger partial charge in [0.1, 0.15) is 5.75 Å². The van der Waals surface area contributed by atoms with Crippen LogP contribution in [0.2, 0.25) is 0 Å². The standard InChI is InChI=1S/C23H22O2/c1-13-7-6-10-18-21(13)20(12-15(3)23(18)25)19-11-14(2)22(24)17-9-5-4-8-16(17)19/h4-10,12,14,19,25H,11H2,1-3H3. The Kier molecular flexibility index (Phi) is 3.64. The Labute approximate surface area is 148 Å². The lowest BCUT2D eigenvalue weighted by Crippen LogP contribution is -2.24. The largest absolute Gasteiger partial charge is 0.507 e. The zero-order valence-corrected chi connectivity index (χ0v) is 14.8. The highest BCUT2D eigenvalue weighted by Crippen LogP contribution is 2.44. The molecule has 126 valence electrons. The van der Waals surface area contributed by atoms with Crippen molar-refractivity contribution in [2.75, 3.05) is 0 Å². The Bertz CT molecular complexity index is 1000. The summed E-state index contributed by atoms with van der Waals surface area (Å²) in [4.78, 5) is 12.6. The van der Waals surface area contributed by atoms with E-state index >= 15 is 0 Å². The summed E-state index contributed by atoms with van der Waals surface area (Å²) in [7, 11) is 0. The first-order chi connectivity index (χ1) is 12.0. The van der Waals surface area contributed by atoms with E-state index in [0.29, 0.717) is 5.75 Å². The number of aromatic hydroxyl groups is 1. The van der Waals surface area contributed by atoms with Crippen LogP contribution in [0, 0.1) is 19.8 Å². The maximum Gasteiger partial charge on any atom is 0.165 e. The molecule has 0 aliphatic heterocycles. The van der Waals surface area contributed by atoms with Crippen LogP contribution in [0.4, 0.5) is 0 Å². The first-order valence-corrected chi connectivity index (χ1v) is 8.84. The molecule has 4 rings (SSSR count). The lowest BCUT2D eigenvalue weighted by Gasteiger charge is -2.30. The average Bonchev–Trinajstić information content (AvgIpc) is 2.61. The molecule has 0 radical (unpaired) electrons. The minimum atomic E-state index is 0.00748. The van der Waals surface area contributed by atoms with Crippen LogP contribution in [0.5, 0.6) is 5.75 Å². The lowest BCUT2D eigenvalue weighted by molar-refractivity contribution is 0.0908. The van der Waals surface area contributed by atoms with Crippen LogP contribution in [-0.2, 0) is 0 Å². The van der Waals surface area contributed by atoms with Gasteiger partial charge in [0.05, 0.1) is 0 Å². The van der Waals surface area contributed by atoms with Crippen LogP contribution in [0.3, 0.4) is 0 Å². The third-order valence-electron chi connectivity index (χ3n) is 5.58. The van der Waals surface area contributed by atoms with Crippen molar-refractivity contribution < 1.29 is 9.90 Å². The first kappa shape index (κ1) is 15.9. The Morgan fingerprint density at radius 1 is 0.960 bits per heavy atom. The second-order valence-corrected chi connectivity index (χ2v) is 7.27. The predicted octanol–water partition coefficient (Wildman–Crippen LogP) is 5.52. The molecule has 0 aromatic heterocycles. The van der Waals surface area contributed by atoms with E-state index in [4.69, 9.17) is 0 Å². The summed E-state index contributed by atoms with van der Waals surface area (Å²) in [6, 6.07) is 16.1. The monoisotopic (exact) mass is 330 g/mol. The molecule has 1 aliphatic carbocycles. The normalized spacial score (nSPS) is 19.9. The van der Waals surface area contributed by atoms with Crippen molar-refractivity contribution in [3.8, 4) is 5.75 Å². The van der Waals surface area contributed by atoms with Crippen molar-refractivity contribution >= 4 is 16.6 Å². The highest BCUT2D eigenvalue weighted by Gasteiger charge is 2.33. The first-order valence-electron chi connectivity index (χ1n) is 8.84. The van der Waals surface area contributed by atoms with Crippen molar-refractivity contribution in [2.24, 2.45) is 5.92 Å². The predicted molar refractivity (Wildman–Crippen MR) is 101 cm³/mol. The summed E-state index contributed by atoms with van der Waals surface area (Å²) in [6.07, 6.45) is 0.809.